The van der Waals surface area contributed by atoms with Gasteiger partial charge in [-0.3, -0.25) is 9.59 Å². The number of fused-ring (bicyclic) bond motifs is 1. The van der Waals surface area contributed by atoms with Gasteiger partial charge < -0.3 is 0 Å². The van der Waals surface area contributed by atoms with E-state index in [4.69, 9.17) is 0 Å². The van der Waals surface area contributed by atoms with Crippen molar-refractivity contribution in [3.63, 3.8) is 0 Å². The van der Waals surface area contributed by atoms with Crippen LogP contribution in [0.3, 0.4) is 0 Å². The predicted octanol–water partition coefficient (Wildman–Crippen LogP) is 4.32. The van der Waals surface area contributed by atoms with E-state index in [9.17, 15) is 9.59 Å². The second-order valence-electron chi connectivity index (χ2n) is 7.13. The van der Waals surface area contributed by atoms with Crippen molar-refractivity contribution in [2.45, 2.75) is 38.5 Å². The Morgan fingerprint density at radius 3 is 2.32 bits per heavy atom. The van der Waals surface area contributed by atoms with E-state index in [2.05, 4.69) is 19.1 Å². The minimum absolute atomic E-state index is 0.00223. The maximum absolute atomic E-state index is 13.1. The SMILES string of the molecule is CCc1ccccc1N1C(=O)C2CCC(c3ccccc3)CC2C1=O. The number of benzene rings is 2. The molecule has 2 aromatic rings. The van der Waals surface area contributed by atoms with E-state index >= 15 is 0 Å². The van der Waals surface area contributed by atoms with E-state index in [0.29, 0.717) is 5.92 Å². The number of nitrogens with zero attached hydrogens (tertiary/aromatic N) is 1. The Hall–Kier alpha value is -2.42. The minimum Gasteiger partial charge on any atom is -0.274 e. The lowest BCUT2D eigenvalue weighted by atomic mass is 9.73. The zero-order valence-electron chi connectivity index (χ0n) is 14.5. The van der Waals surface area contributed by atoms with E-state index < -0.39 is 0 Å². The summed E-state index contributed by atoms with van der Waals surface area (Å²) in [5.74, 6) is 0.0632. The maximum Gasteiger partial charge on any atom is 0.237 e. The molecule has 2 fully saturated rings. The lowest BCUT2D eigenvalue weighted by molar-refractivity contribution is -0.122. The molecule has 3 nitrogen and oxygen atoms in total. The number of carbonyl (C=O) groups excluding carboxylic acids is 2. The molecule has 25 heavy (non-hydrogen) atoms. The number of hydrogen-bond donors (Lipinski definition) is 0. The van der Waals surface area contributed by atoms with Crippen LogP contribution in [0.1, 0.15) is 43.2 Å². The molecule has 1 aliphatic carbocycles. The van der Waals surface area contributed by atoms with E-state index in [1.807, 2.05) is 42.5 Å². The van der Waals surface area contributed by atoms with Crippen LogP contribution in [-0.4, -0.2) is 11.8 Å². The summed E-state index contributed by atoms with van der Waals surface area (Å²) in [7, 11) is 0. The first kappa shape index (κ1) is 16.1. The largest absolute Gasteiger partial charge is 0.274 e. The smallest absolute Gasteiger partial charge is 0.237 e. The molecule has 0 N–H and O–H groups in total. The van der Waals surface area contributed by atoms with Gasteiger partial charge in [0, 0.05) is 0 Å². The molecule has 0 aromatic heterocycles. The molecule has 2 aliphatic rings. The molecule has 1 saturated carbocycles. The van der Waals surface area contributed by atoms with Crippen molar-refractivity contribution in [3.8, 4) is 0 Å². The molecule has 2 amide bonds. The third-order valence-corrected chi connectivity index (χ3v) is 5.81. The average Bonchev–Trinajstić information content (AvgIpc) is 2.92. The minimum atomic E-state index is -0.170. The Balaban J connectivity index is 1.63. The molecule has 3 atom stereocenters. The van der Waals surface area contributed by atoms with Crippen molar-refractivity contribution in [2.24, 2.45) is 11.8 Å². The van der Waals surface area contributed by atoms with Gasteiger partial charge in [-0.2, -0.15) is 0 Å². The zero-order valence-corrected chi connectivity index (χ0v) is 14.5. The first-order chi connectivity index (χ1) is 12.2. The molecular weight excluding hydrogens is 310 g/mol. The third-order valence-electron chi connectivity index (χ3n) is 5.81. The quantitative estimate of drug-likeness (QED) is 0.784. The van der Waals surface area contributed by atoms with Crippen molar-refractivity contribution >= 4 is 17.5 Å². The van der Waals surface area contributed by atoms with E-state index in [0.717, 1.165) is 36.9 Å². The summed E-state index contributed by atoms with van der Waals surface area (Å²) in [6.07, 6.45) is 3.38. The molecule has 2 aromatic carbocycles. The Morgan fingerprint density at radius 2 is 1.56 bits per heavy atom. The fraction of sp³-hybridized carbons (Fsp3) is 0.364. The highest BCUT2D eigenvalue weighted by Crippen LogP contribution is 2.46. The molecule has 0 bridgehead atoms. The first-order valence-electron chi connectivity index (χ1n) is 9.21. The number of carbonyl (C=O) groups is 2. The molecule has 1 saturated heterocycles. The summed E-state index contributed by atoms with van der Waals surface area (Å²) in [4.78, 5) is 27.5. The molecule has 0 spiro atoms. The van der Waals surface area contributed by atoms with Crippen LogP contribution in [0.2, 0.25) is 0 Å². The molecule has 4 rings (SSSR count). The molecule has 3 unspecified atom stereocenters. The monoisotopic (exact) mass is 333 g/mol. The van der Waals surface area contributed by atoms with Crippen LogP contribution in [0.4, 0.5) is 5.69 Å². The molecular formula is C22H23NO2. The summed E-state index contributed by atoms with van der Waals surface area (Å²) in [5.41, 5.74) is 3.13. The van der Waals surface area contributed by atoms with Gasteiger partial charge in [0.1, 0.15) is 0 Å². The number of rotatable bonds is 3. The highest BCUT2D eigenvalue weighted by atomic mass is 16.2. The van der Waals surface area contributed by atoms with Gasteiger partial charge in [0.05, 0.1) is 17.5 Å². The van der Waals surface area contributed by atoms with Gasteiger partial charge >= 0.3 is 0 Å². The Morgan fingerprint density at radius 1 is 0.880 bits per heavy atom. The number of hydrogen-bond acceptors (Lipinski definition) is 2. The fourth-order valence-electron chi connectivity index (χ4n) is 4.47. The van der Waals surface area contributed by atoms with Crippen molar-refractivity contribution in [2.75, 3.05) is 4.90 Å². The van der Waals surface area contributed by atoms with Gasteiger partial charge in [-0.15, -0.1) is 0 Å². The Bertz CT molecular complexity index is 799. The fourth-order valence-corrected chi connectivity index (χ4v) is 4.47. The van der Waals surface area contributed by atoms with E-state index in [-0.39, 0.29) is 23.7 Å². The topological polar surface area (TPSA) is 37.4 Å². The summed E-state index contributed by atoms with van der Waals surface area (Å²) in [6, 6.07) is 18.2. The molecule has 0 radical (unpaired) electrons. The standard InChI is InChI=1S/C22H23NO2/c1-2-15-8-6-7-11-20(15)23-21(24)18-13-12-17(14-19(18)22(23)25)16-9-4-3-5-10-16/h3-11,17-19H,2,12-14H2,1H3. The summed E-state index contributed by atoms with van der Waals surface area (Å²) < 4.78 is 0. The van der Waals surface area contributed by atoms with Crippen molar-refractivity contribution < 1.29 is 9.59 Å². The van der Waals surface area contributed by atoms with Crippen LogP contribution in [-0.2, 0) is 16.0 Å². The lowest BCUT2D eigenvalue weighted by Crippen LogP contribution is -2.31. The zero-order chi connectivity index (χ0) is 17.4. The van der Waals surface area contributed by atoms with E-state index in [1.165, 1.54) is 10.5 Å². The highest BCUT2D eigenvalue weighted by molar-refractivity contribution is 6.22. The third kappa shape index (κ3) is 2.68. The van der Waals surface area contributed by atoms with Crippen LogP contribution in [0, 0.1) is 11.8 Å². The predicted molar refractivity (Wildman–Crippen MR) is 98.3 cm³/mol. The summed E-state index contributed by atoms with van der Waals surface area (Å²) >= 11 is 0. The number of imide groups is 1. The van der Waals surface area contributed by atoms with Gasteiger partial charge in [-0.1, -0.05) is 55.5 Å². The van der Waals surface area contributed by atoms with Gasteiger partial charge in [0.2, 0.25) is 11.8 Å². The second-order valence-corrected chi connectivity index (χ2v) is 7.13. The number of anilines is 1. The van der Waals surface area contributed by atoms with Gasteiger partial charge in [-0.25, -0.2) is 4.90 Å². The van der Waals surface area contributed by atoms with Crippen LogP contribution in [0.5, 0.6) is 0 Å². The number of aryl methyl sites for hydroxylation is 1. The molecule has 128 valence electrons. The number of para-hydroxylation sites is 1. The number of amides is 2. The van der Waals surface area contributed by atoms with Crippen LogP contribution in [0.15, 0.2) is 54.6 Å². The van der Waals surface area contributed by atoms with Crippen LogP contribution >= 0.6 is 0 Å². The Kier molecular flexibility index (Phi) is 4.16. The van der Waals surface area contributed by atoms with Crippen LogP contribution < -0.4 is 4.90 Å². The van der Waals surface area contributed by atoms with Gasteiger partial charge in [-0.05, 0) is 48.8 Å². The van der Waals surface area contributed by atoms with Gasteiger partial charge in [0.15, 0.2) is 0 Å². The molecule has 1 heterocycles. The highest BCUT2D eigenvalue weighted by Gasteiger charge is 2.50. The normalized spacial score (nSPS) is 26.0. The van der Waals surface area contributed by atoms with Crippen molar-refractivity contribution in [1.82, 2.24) is 0 Å². The van der Waals surface area contributed by atoms with Crippen molar-refractivity contribution in [3.05, 3.63) is 65.7 Å². The van der Waals surface area contributed by atoms with E-state index in [1.54, 1.807) is 0 Å². The Labute approximate surface area is 148 Å². The lowest BCUT2D eigenvalue weighted by Gasteiger charge is -2.28. The summed E-state index contributed by atoms with van der Waals surface area (Å²) in [6.45, 7) is 2.06. The van der Waals surface area contributed by atoms with Gasteiger partial charge in [0.25, 0.3) is 0 Å². The second kappa shape index (κ2) is 6.47. The first-order valence-corrected chi connectivity index (χ1v) is 9.21. The molecule has 1 aliphatic heterocycles. The summed E-state index contributed by atoms with van der Waals surface area (Å²) in [5, 5.41) is 0. The van der Waals surface area contributed by atoms with Crippen LogP contribution in [0.25, 0.3) is 0 Å². The molecule has 3 heteroatoms. The maximum atomic E-state index is 13.1. The average molecular weight is 333 g/mol. The van der Waals surface area contributed by atoms with Crippen molar-refractivity contribution in [1.29, 1.82) is 0 Å².